The van der Waals surface area contributed by atoms with Crippen LogP contribution in [0, 0.1) is 5.82 Å². The van der Waals surface area contributed by atoms with E-state index in [9.17, 15) is 22.7 Å². The fourth-order valence-electron chi connectivity index (χ4n) is 2.88. The van der Waals surface area contributed by atoms with Crippen LogP contribution < -0.4 is 0 Å². The van der Waals surface area contributed by atoms with Crippen molar-refractivity contribution in [3.05, 3.63) is 70.5 Å². The second-order valence-electron chi connectivity index (χ2n) is 6.40. The molecule has 0 saturated carbocycles. The lowest BCUT2D eigenvalue weighted by Crippen LogP contribution is -2.30. The number of carbonyl (C=O) groups is 1. The van der Waals surface area contributed by atoms with Crippen LogP contribution in [-0.2, 0) is 16.9 Å². The molecule has 0 radical (unpaired) electrons. The molecule has 2 aromatic rings. The maximum Gasteiger partial charge on any atom is 0.490 e. The van der Waals surface area contributed by atoms with Crippen molar-refractivity contribution >= 4 is 17.6 Å². The first-order valence-corrected chi connectivity index (χ1v) is 8.63. The number of rotatable bonds is 3. The molecule has 1 saturated heterocycles. The molecule has 9 heteroatoms. The summed E-state index contributed by atoms with van der Waals surface area (Å²) in [6, 6.07) is 14.2. The summed E-state index contributed by atoms with van der Waals surface area (Å²) in [6.07, 6.45) is -4.39. The van der Waals surface area contributed by atoms with Crippen molar-refractivity contribution in [3.63, 3.8) is 0 Å². The summed E-state index contributed by atoms with van der Waals surface area (Å²) in [4.78, 5) is 11.0. The average Bonchev–Trinajstić information content (AvgIpc) is 3.00. The number of hydrogen-bond donors (Lipinski definition) is 2. The molecule has 2 aromatic carbocycles. The van der Waals surface area contributed by atoms with Crippen LogP contribution in [0.2, 0.25) is 5.02 Å². The van der Waals surface area contributed by atoms with E-state index in [2.05, 4.69) is 4.90 Å². The highest BCUT2D eigenvalue weighted by molar-refractivity contribution is 6.31. The highest BCUT2D eigenvalue weighted by atomic mass is 35.5. The number of aliphatic hydroxyl groups is 1. The summed E-state index contributed by atoms with van der Waals surface area (Å²) in [6.45, 7) is 1.97. The highest BCUT2D eigenvalue weighted by Crippen LogP contribution is 2.33. The molecular formula is C19H18ClF4NO3. The maximum absolute atomic E-state index is 13.1. The van der Waals surface area contributed by atoms with Crippen LogP contribution in [0.15, 0.2) is 48.5 Å². The number of β-amino-alcohol motifs (C(OH)–C–C–N with tert-alkyl or cyclic N) is 1. The predicted octanol–water partition coefficient (Wildman–Crippen LogP) is 4.21. The van der Waals surface area contributed by atoms with E-state index >= 15 is 0 Å². The molecule has 1 aliphatic heterocycles. The smallest absolute Gasteiger partial charge is 0.475 e. The molecule has 2 N–H and O–H groups in total. The summed E-state index contributed by atoms with van der Waals surface area (Å²) in [5.41, 5.74) is 1.02. The van der Waals surface area contributed by atoms with Crippen molar-refractivity contribution in [2.45, 2.75) is 24.7 Å². The Bertz CT molecular complexity index is 817. The van der Waals surface area contributed by atoms with Crippen molar-refractivity contribution in [2.75, 3.05) is 13.1 Å². The van der Waals surface area contributed by atoms with Gasteiger partial charge in [0.2, 0.25) is 0 Å². The minimum absolute atomic E-state index is 0.328. The molecule has 1 atom stereocenters. The van der Waals surface area contributed by atoms with Crippen molar-refractivity contribution < 1.29 is 32.6 Å². The minimum Gasteiger partial charge on any atom is -0.475 e. The number of aliphatic carboxylic acids is 1. The number of hydrogen-bond acceptors (Lipinski definition) is 3. The van der Waals surface area contributed by atoms with Crippen LogP contribution in [0.25, 0.3) is 0 Å². The number of carboxylic acids is 1. The Morgan fingerprint density at radius 3 is 2.32 bits per heavy atom. The molecule has 0 aromatic heterocycles. The lowest BCUT2D eigenvalue weighted by atomic mass is 9.93. The molecule has 28 heavy (non-hydrogen) atoms. The van der Waals surface area contributed by atoms with Gasteiger partial charge in [-0.05, 0) is 29.7 Å². The molecule has 152 valence electrons. The normalized spacial score (nSPS) is 19.8. The Labute approximate surface area is 164 Å². The molecule has 1 fully saturated rings. The Morgan fingerprint density at radius 2 is 1.79 bits per heavy atom. The summed E-state index contributed by atoms with van der Waals surface area (Å²) < 4.78 is 44.8. The standard InChI is InChI=1S/C17H17ClFNO.C2HF3O2/c18-16-10-15(19)7-6-13(16)11-20-9-8-17(21,12-20)14-4-2-1-3-5-14;3-2(4,5)1(6)7/h1-7,10,21H,8-9,11-12H2;(H,6,7). The van der Waals surface area contributed by atoms with Gasteiger partial charge in [-0.1, -0.05) is 48.0 Å². The lowest BCUT2D eigenvalue weighted by Gasteiger charge is -2.24. The van der Waals surface area contributed by atoms with Crippen LogP contribution in [0.3, 0.4) is 0 Å². The largest absolute Gasteiger partial charge is 0.490 e. The molecule has 1 unspecified atom stereocenters. The summed E-state index contributed by atoms with van der Waals surface area (Å²) in [5.74, 6) is -3.08. The van der Waals surface area contributed by atoms with Crippen molar-refractivity contribution in [1.82, 2.24) is 4.90 Å². The van der Waals surface area contributed by atoms with E-state index < -0.39 is 17.7 Å². The number of alkyl halides is 3. The minimum atomic E-state index is -5.08. The van der Waals surface area contributed by atoms with Crippen LogP contribution in [0.1, 0.15) is 17.5 Å². The molecule has 0 spiro atoms. The zero-order chi connectivity index (χ0) is 20.9. The van der Waals surface area contributed by atoms with Gasteiger partial charge in [-0.25, -0.2) is 9.18 Å². The zero-order valence-electron chi connectivity index (χ0n) is 14.6. The van der Waals surface area contributed by atoms with Gasteiger partial charge in [-0.3, -0.25) is 4.90 Å². The van der Waals surface area contributed by atoms with Gasteiger partial charge in [-0.15, -0.1) is 0 Å². The Kier molecular flexibility index (Phi) is 7.03. The SMILES string of the molecule is O=C(O)C(F)(F)F.OC1(c2ccccc2)CCN(Cc2ccc(F)cc2Cl)C1. The molecule has 4 nitrogen and oxygen atoms in total. The predicted molar refractivity (Wildman–Crippen MR) is 95.3 cm³/mol. The van der Waals surface area contributed by atoms with Crippen LogP contribution in [0.4, 0.5) is 17.6 Å². The first kappa shape index (κ1) is 22.1. The van der Waals surface area contributed by atoms with Crippen LogP contribution in [0.5, 0.6) is 0 Å². The van der Waals surface area contributed by atoms with Gasteiger partial charge in [0.15, 0.2) is 0 Å². The fraction of sp³-hybridized carbons (Fsp3) is 0.316. The monoisotopic (exact) mass is 419 g/mol. The van der Waals surface area contributed by atoms with Gasteiger partial charge in [0.1, 0.15) is 11.4 Å². The quantitative estimate of drug-likeness (QED) is 0.732. The summed E-state index contributed by atoms with van der Waals surface area (Å²) in [5, 5.41) is 18.4. The van der Waals surface area contributed by atoms with Crippen molar-refractivity contribution in [2.24, 2.45) is 0 Å². The molecule has 0 bridgehead atoms. The topological polar surface area (TPSA) is 60.8 Å². The van der Waals surface area contributed by atoms with Gasteiger partial charge in [0, 0.05) is 24.7 Å². The van der Waals surface area contributed by atoms with E-state index in [-0.39, 0.29) is 5.82 Å². The molecule has 1 heterocycles. The number of carboxylic acid groups (broad SMARTS) is 1. The second kappa shape index (κ2) is 8.89. The third kappa shape index (κ3) is 5.92. The number of benzene rings is 2. The van der Waals surface area contributed by atoms with Gasteiger partial charge in [0.05, 0.1) is 0 Å². The Hall–Kier alpha value is -2.16. The van der Waals surface area contributed by atoms with Crippen LogP contribution in [-0.4, -0.2) is 40.3 Å². The average molecular weight is 420 g/mol. The Balaban J connectivity index is 0.000000345. The molecule has 0 amide bonds. The third-order valence-corrected chi connectivity index (χ3v) is 4.64. The lowest BCUT2D eigenvalue weighted by molar-refractivity contribution is -0.192. The van der Waals surface area contributed by atoms with E-state index in [4.69, 9.17) is 21.5 Å². The van der Waals surface area contributed by atoms with E-state index in [1.807, 2.05) is 30.3 Å². The van der Waals surface area contributed by atoms with E-state index in [1.54, 1.807) is 6.07 Å². The van der Waals surface area contributed by atoms with Crippen molar-refractivity contribution in [1.29, 1.82) is 0 Å². The second-order valence-corrected chi connectivity index (χ2v) is 6.80. The number of nitrogens with zero attached hydrogens (tertiary/aromatic N) is 1. The molecule has 1 aliphatic rings. The summed E-state index contributed by atoms with van der Waals surface area (Å²) in [7, 11) is 0. The zero-order valence-corrected chi connectivity index (χ0v) is 15.3. The fourth-order valence-corrected chi connectivity index (χ4v) is 3.11. The number of likely N-dealkylation sites (tertiary alicyclic amines) is 1. The third-order valence-electron chi connectivity index (χ3n) is 4.29. The first-order chi connectivity index (χ1) is 13.0. The van der Waals surface area contributed by atoms with Gasteiger partial charge in [0.25, 0.3) is 0 Å². The first-order valence-electron chi connectivity index (χ1n) is 8.25. The Morgan fingerprint density at radius 1 is 1.18 bits per heavy atom. The van der Waals surface area contributed by atoms with Gasteiger partial charge >= 0.3 is 12.1 Å². The van der Waals surface area contributed by atoms with Gasteiger partial charge in [-0.2, -0.15) is 13.2 Å². The molecular weight excluding hydrogens is 402 g/mol. The van der Waals surface area contributed by atoms with E-state index in [0.29, 0.717) is 24.5 Å². The number of halogens is 5. The van der Waals surface area contributed by atoms with Gasteiger partial charge < -0.3 is 10.2 Å². The van der Waals surface area contributed by atoms with Crippen molar-refractivity contribution in [3.8, 4) is 0 Å². The molecule has 0 aliphatic carbocycles. The molecule has 3 rings (SSSR count). The highest BCUT2D eigenvalue weighted by Gasteiger charge is 2.38. The van der Waals surface area contributed by atoms with Crippen LogP contribution >= 0.6 is 11.6 Å². The van der Waals surface area contributed by atoms with E-state index in [1.165, 1.54) is 12.1 Å². The van der Waals surface area contributed by atoms with E-state index in [0.717, 1.165) is 17.7 Å². The summed E-state index contributed by atoms with van der Waals surface area (Å²) >= 11 is 6.07. The maximum atomic E-state index is 13.1.